The Bertz CT molecular complexity index is 865. The van der Waals surface area contributed by atoms with Crippen LogP contribution < -0.4 is 11.4 Å². The van der Waals surface area contributed by atoms with Crippen molar-refractivity contribution in [1.29, 1.82) is 0 Å². The van der Waals surface area contributed by atoms with Crippen LogP contribution in [0.5, 0.6) is 0 Å². The molecule has 5 nitrogen and oxygen atoms in total. The van der Waals surface area contributed by atoms with Gasteiger partial charge in [-0.15, -0.1) is 10.2 Å². The summed E-state index contributed by atoms with van der Waals surface area (Å²) in [6.07, 6.45) is 0. The van der Waals surface area contributed by atoms with Crippen LogP contribution in [0.15, 0.2) is 64.5 Å². The molecule has 0 aliphatic rings. The first-order valence-corrected chi connectivity index (χ1v) is 8.19. The van der Waals surface area contributed by atoms with E-state index < -0.39 is 0 Å². The average molecular weight is 345 g/mol. The van der Waals surface area contributed by atoms with Gasteiger partial charge in [0.1, 0.15) is 0 Å². The molecule has 23 heavy (non-hydrogen) atoms. The van der Waals surface area contributed by atoms with Crippen molar-refractivity contribution >= 4 is 23.4 Å². The Balaban J connectivity index is 1.83. The molecule has 0 spiro atoms. The summed E-state index contributed by atoms with van der Waals surface area (Å²) < 4.78 is 1.04. The molecule has 0 bridgehead atoms. The maximum Gasteiger partial charge on any atom is 0.299 e. The number of rotatable bonds is 4. The third-order valence-corrected chi connectivity index (χ3v) is 4.46. The van der Waals surface area contributed by atoms with E-state index in [1.165, 1.54) is 11.8 Å². The summed E-state index contributed by atoms with van der Waals surface area (Å²) in [6.45, 7) is 0. The van der Waals surface area contributed by atoms with Gasteiger partial charge in [0.05, 0.1) is 0 Å². The van der Waals surface area contributed by atoms with Gasteiger partial charge < -0.3 is 5.84 Å². The predicted molar refractivity (Wildman–Crippen MR) is 92.9 cm³/mol. The summed E-state index contributed by atoms with van der Waals surface area (Å²) in [7, 11) is 0. The summed E-state index contributed by atoms with van der Waals surface area (Å²) in [4.78, 5) is 12.4. The van der Waals surface area contributed by atoms with E-state index in [-0.39, 0.29) is 11.3 Å². The molecule has 2 N–H and O–H groups in total. The van der Waals surface area contributed by atoms with Crippen LogP contribution in [-0.2, 0) is 5.75 Å². The first-order valence-electron chi connectivity index (χ1n) is 6.82. The van der Waals surface area contributed by atoms with Gasteiger partial charge in [-0.25, -0.2) is 0 Å². The molecule has 1 aromatic heterocycles. The third-order valence-electron chi connectivity index (χ3n) is 3.19. The number of hydrogen-bond acceptors (Lipinski definition) is 5. The molecule has 0 aliphatic heterocycles. The summed E-state index contributed by atoms with van der Waals surface area (Å²) >= 11 is 7.20. The van der Waals surface area contributed by atoms with E-state index in [9.17, 15) is 4.79 Å². The molecule has 0 radical (unpaired) electrons. The second-order valence-electron chi connectivity index (χ2n) is 4.79. The van der Waals surface area contributed by atoms with Gasteiger partial charge in [-0.1, -0.05) is 65.8 Å². The van der Waals surface area contributed by atoms with Gasteiger partial charge in [0.25, 0.3) is 5.56 Å². The van der Waals surface area contributed by atoms with E-state index >= 15 is 0 Å². The van der Waals surface area contributed by atoms with Crippen molar-refractivity contribution in [3.63, 3.8) is 0 Å². The lowest BCUT2D eigenvalue weighted by Gasteiger charge is -2.07. The highest BCUT2D eigenvalue weighted by Gasteiger charge is 2.12. The number of hydrogen-bond donors (Lipinski definition) is 1. The Kier molecular flexibility index (Phi) is 4.64. The number of halogens is 1. The topological polar surface area (TPSA) is 73.8 Å². The Morgan fingerprint density at radius 1 is 1.04 bits per heavy atom. The molecular weight excluding hydrogens is 332 g/mol. The minimum Gasteiger partial charge on any atom is -0.334 e. The fourth-order valence-corrected chi connectivity index (χ4v) is 2.92. The minimum absolute atomic E-state index is 0.240. The van der Waals surface area contributed by atoms with Crippen molar-refractivity contribution in [3.05, 3.63) is 75.5 Å². The molecule has 3 aromatic rings. The van der Waals surface area contributed by atoms with E-state index in [1.54, 1.807) is 12.1 Å². The van der Waals surface area contributed by atoms with Crippen molar-refractivity contribution in [1.82, 2.24) is 14.9 Å². The van der Waals surface area contributed by atoms with Crippen molar-refractivity contribution in [3.8, 4) is 11.3 Å². The average Bonchev–Trinajstić information content (AvgIpc) is 2.58. The first-order chi connectivity index (χ1) is 11.1. The monoisotopic (exact) mass is 344 g/mol. The predicted octanol–water partition coefficient (Wildman–Crippen LogP) is 2.96. The Morgan fingerprint density at radius 2 is 1.74 bits per heavy atom. The van der Waals surface area contributed by atoms with Gasteiger partial charge in [0.2, 0.25) is 5.16 Å². The molecule has 3 rings (SSSR count). The summed E-state index contributed by atoms with van der Waals surface area (Å²) in [6, 6.07) is 16.6. The van der Waals surface area contributed by atoms with Gasteiger partial charge in [0, 0.05) is 16.3 Å². The first kappa shape index (κ1) is 15.6. The molecule has 0 unspecified atom stereocenters. The molecular formula is C16H13ClN4OS. The normalized spacial score (nSPS) is 10.7. The molecule has 0 saturated heterocycles. The van der Waals surface area contributed by atoms with Crippen molar-refractivity contribution in [2.75, 3.05) is 5.84 Å². The third kappa shape index (κ3) is 3.55. The lowest BCUT2D eigenvalue weighted by molar-refractivity contribution is 0.704. The summed E-state index contributed by atoms with van der Waals surface area (Å²) in [5.41, 5.74) is 1.62. The van der Waals surface area contributed by atoms with Crippen LogP contribution in [0.4, 0.5) is 0 Å². The van der Waals surface area contributed by atoms with E-state index in [0.717, 1.165) is 10.2 Å². The van der Waals surface area contributed by atoms with Gasteiger partial charge in [-0.3, -0.25) is 4.79 Å². The van der Waals surface area contributed by atoms with E-state index in [4.69, 9.17) is 17.4 Å². The van der Waals surface area contributed by atoms with Gasteiger partial charge in [-0.05, 0) is 17.7 Å². The van der Waals surface area contributed by atoms with Gasteiger partial charge in [0.15, 0.2) is 5.69 Å². The molecule has 1 heterocycles. The second-order valence-corrected chi connectivity index (χ2v) is 6.17. The van der Waals surface area contributed by atoms with Crippen molar-refractivity contribution < 1.29 is 0 Å². The van der Waals surface area contributed by atoms with E-state index in [1.807, 2.05) is 42.5 Å². The van der Waals surface area contributed by atoms with E-state index in [0.29, 0.717) is 21.5 Å². The van der Waals surface area contributed by atoms with Crippen LogP contribution in [0.1, 0.15) is 5.56 Å². The zero-order chi connectivity index (χ0) is 16.2. The molecule has 7 heteroatoms. The SMILES string of the molecule is Nn1c(SCc2ccc(Cl)cc2)nnc(-c2ccccc2)c1=O. The second kappa shape index (κ2) is 6.85. The van der Waals surface area contributed by atoms with Crippen LogP contribution in [0.3, 0.4) is 0 Å². The molecule has 0 atom stereocenters. The molecule has 2 aromatic carbocycles. The largest absolute Gasteiger partial charge is 0.334 e. The maximum absolute atomic E-state index is 12.4. The number of thioether (sulfide) groups is 1. The lowest BCUT2D eigenvalue weighted by Crippen LogP contribution is -2.32. The number of benzene rings is 2. The fraction of sp³-hybridized carbons (Fsp3) is 0.0625. The quantitative estimate of drug-likeness (QED) is 0.582. The standard InChI is InChI=1S/C16H13ClN4OS/c17-13-8-6-11(7-9-13)10-23-16-20-19-14(15(22)21(16)18)12-4-2-1-3-5-12/h1-9H,10,18H2. The highest BCUT2D eigenvalue weighted by molar-refractivity contribution is 7.98. The number of aromatic nitrogens is 3. The molecule has 0 amide bonds. The number of nitrogens with two attached hydrogens (primary N) is 1. The zero-order valence-corrected chi connectivity index (χ0v) is 13.6. The number of nitrogens with zero attached hydrogens (tertiary/aromatic N) is 3. The zero-order valence-electron chi connectivity index (χ0n) is 12.0. The van der Waals surface area contributed by atoms with Crippen molar-refractivity contribution in [2.45, 2.75) is 10.9 Å². The molecule has 0 aliphatic carbocycles. The molecule has 0 saturated carbocycles. The van der Waals surface area contributed by atoms with Crippen LogP contribution in [0.2, 0.25) is 5.02 Å². The smallest absolute Gasteiger partial charge is 0.299 e. The maximum atomic E-state index is 12.4. The molecule has 116 valence electrons. The highest BCUT2D eigenvalue weighted by atomic mass is 35.5. The Labute approximate surface area is 142 Å². The van der Waals surface area contributed by atoms with Gasteiger partial charge >= 0.3 is 0 Å². The van der Waals surface area contributed by atoms with Crippen LogP contribution in [0.25, 0.3) is 11.3 Å². The van der Waals surface area contributed by atoms with Crippen molar-refractivity contribution in [2.24, 2.45) is 0 Å². The molecule has 0 fully saturated rings. The highest BCUT2D eigenvalue weighted by Crippen LogP contribution is 2.21. The Morgan fingerprint density at radius 3 is 2.43 bits per heavy atom. The summed E-state index contributed by atoms with van der Waals surface area (Å²) in [5, 5.41) is 9.15. The lowest BCUT2D eigenvalue weighted by atomic mass is 10.2. The fourth-order valence-electron chi connectivity index (χ4n) is 1.99. The van der Waals surface area contributed by atoms with Crippen LogP contribution >= 0.6 is 23.4 Å². The van der Waals surface area contributed by atoms with E-state index in [2.05, 4.69) is 10.2 Å². The van der Waals surface area contributed by atoms with Gasteiger partial charge in [-0.2, -0.15) is 4.68 Å². The van der Waals surface area contributed by atoms with Crippen LogP contribution in [0, 0.1) is 0 Å². The Hall–Kier alpha value is -2.31. The van der Waals surface area contributed by atoms with Crippen LogP contribution in [-0.4, -0.2) is 14.9 Å². The summed E-state index contributed by atoms with van der Waals surface area (Å²) in [5.74, 6) is 6.49. The number of nitrogen functional groups attached to an aromatic ring is 1. The minimum atomic E-state index is -0.371.